The molecule has 1 aromatic heterocycles. The summed E-state index contributed by atoms with van der Waals surface area (Å²) in [5, 5.41) is 4.73. The molecule has 4 heterocycles. The number of amides is 8. The highest BCUT2D eigenvalue weighted by atomic mass is 16.5. The Hall–Kier alpha value is -4.74. The molecule has 17 heteroatoms. The van der Waals surface area contributed by atoms with Crippen LogP contribution < -0.4 is 25.3 Å². The number of nitrogens with zero attached hydrogens (tertiary/aromatic N) is 7. The van der Waals surface area contributed by atoms with Crippen molar-refractivity contribution in [2.75, 3.05) is 41.1 Å². The van der Waals surface area contributed by atoms with Crippen LogP contribution >= 0.6 is 0 Å². The standard InChI is InChI=1S/C25H29N9O8/c1-4-40-15-13-32(25(39)31(15)12-14-10-8-7-9-11-14)20-28-21(33-18(35)16(41-5-2)26-23(33)37)30-22(29-20)34-19(36)17(42-6-3)27-24(34)38/h7-11,15-17H,4-6,12-13H2,1-3H3,(H,26,37)(H,27,38). The van der Waals surface area contributed by atoms with Gasteiger partial charge < -0.3 is 24.8 Å². The zero-order valence-electron chi connectivity index (χ0n) is 23.1. The van der Waals surface area contributed by atoms with Crippen molar-refractivity contribution in [2.45, 2.75) is 46.0 Å². The number of benzene rings is 1. The predicted molar refractivity (Wildman–Crippen MR) is 143 cm³/mol. The van der Waals surface area contributed by atoms with Gasteiger partial charge in [0.1, 0.15) is 0 Å². The molecule has 3 fully saturated rings. The zero-order chi connectivity index (χ0) is 30.0. The molecule has 3 aliphatic heterocycles. The lowest BCUT2D eigenvalue weighted by atomic mass is 10.2. The molecule has 5 rings (SSSR count). The quantitative estimate of drug-likeness (QED) is 0.351. The van der Waals surface area contributed by atoms with Crippen LogP contribution in [0.15, 0.2) is 30.3 Å². The molecule has 2 N–H and O–H groups in total. The third-order valence-corrected chi connectivity index (χ3v) is 6.43. The molecule has 2 aromatic rings. The molecule has 222 valence electrons. The summed E-state index contributed by atoms with van der Waals surface area (Å²) >= 11 is 0. The molecule has 0 bridgehead atoms. The lowest BCUT2D eigenvalue weighted by Crippen LogP contribution is -2.39. The molecule has 3 saturated heterocycles. The van der Waals surface area contributed by atoms with Crippen molar-refractivity contribution in [3.63, 3.8) is 0 Å². The van der Waals surface area contributed by atoms with Gasteiger partial charge in [0.15, 0.2) is 6.23 Å². The number of nitrogens with one attached hydrogen (secondary N) is 2. The van der Waals surface area contributed by atoms with Gasteiger partial charge in [0.2, 0.25) is 30.3 Å². The Labute approximate surface area is 239 Å². The number of rotatable bonds is 11. The molecule has 0 saturated carbocycles. The minimum absolute atomic E-state index is 0.0359. The maximum Gasteiger partial charge on any atom is 0.333 e. The summed E-state index contributed by atoms with van der Waals surface area (Å²) in [4.78, 5) is 81.7. The van der Waals surface area contributed by atoms with E-state index >= 15 is 0 Å². The second-order valence-corrected chi connectivity index (χ2v) is 9.07. The smallest absolute Gasteiger partial charge is 0.333 e. The molecular formula is C25H29N9O8. The summed E-state index contributed by atoms with van der Waals surface area (Å²) in [5.74, 6) is -3.04. The Morgan fingerprint density at radius 2 is 1.24 bits per heavy atom. The molecule has 1 aromatic carbocycles. The van der Waals surface area contributed by atoms with Crippen LogP contribution in [0.4, 0.5) is 32.2 Å². The average Bonchev–Trinajstić information content (AvgIpc) is 3.54. The van der Waals surface area contributed by atoms with Gasteiger partial charge in [-0.2, -0.15) is 24.8 Å². The Morgan fingerprint density at radius 1 is 0.738 bits per heavy atom. The fraction of sp³-hybridized carbons (Fsp3) is 0.440. The molecule has 0 aliphatic carbocycles. The van der Waals surface area contributed by atoms with Crippen molar-refractivity contribution >= 4 is 47.8 Å². The Morgan fingerprint density at radius 3 is 1.74 bits per heavy atom. The highest BCUT2D eigenvalue weighted by molar-refractivity contribution is 6.21. The molecule has 17 nitrogen and oxygen atoms in total. The first kappa shape index (κ1) is 28.8. The maximum absolute atomic E-state index is 13.7. The number of carbonyl (C=O) groups excluding carboxylic acids is 5. The van der Waals surface area contributed by atoms with E-state index in [1.165, 1.54) is 4.90 Å². The molecule has 3 unspecified atom stereocenters. The first-order valence-electron chi connectivity index (χ1n) is 13.3. The van der Waals surface area contributed by atoms with Crippen molar-refractivity contribution in [2.24, 2.45) is 0 Å². The lowest BCUT2D eigenvalue weighted by molar-refractivity contribution is -0.128. The summed E-state index contributed by atoms with van der Waals surface area (Å²) in [6.45, 7) is 5.78. The summed E-state index contributed by atoms with van der Waals surface area (Å²) in [7, 11) is 0. The first-order valence-corrected chi connectivity index (χ1v) is 13.3. The molecule has 3 aliphatic rings. The van der Waals surface area contributed by atoms with Gasteiger partial charge in [0.25, 0.3) is 11.8 Å². The van der Waals surface area contributed by atoms with E-state index in [1.54, 1.807) is 20.8 Å². The van der Waals surface area contributed by atoms with Crippen molar-refractivity contribution in [3.05, 3.63) is 35.9 Å². The largest absolute Gasteiger partial charge is 0.357 e. The van der Waals surface area contributed by atoms with Crippen molar-refractivity contribution in [1.82, 2.24) is 30.5 Å². The summed E-state index contributed by atoms with van der Waals surface area (Å²) < 4.78 is 16.4. The fourth-order valence-electron chi connectivity index (χ4n) is 4.58. The fourth-order valence-corrected chi connectivity index (χ4v) is 4.58. The average molecular weight is 584 g/mol. The van der Waals surface area contributed by atoms with Crippen molar-refractivity contribution in [1.29, 1.82) is 0 Å². The highest BCUT2D eigenvalue weighted by Gasteiger charge is 2.46. The topological polar surface area (TPSA) is 189 Å². The van der Waals surface area contributed by atoms with Gasteiger partial charge >= 0.3 is 18.1 Å². The number of hydrogen-bond donors (Lipinski definition) is 2. The second-order valence-electron chi connectivity index (χ2n) is 9.07. The van der Waals surface area contributed by atoms with Crippen LogP contribution in [0.2, 0.25) is 0 Å². The minimum atomic E-state index is -1.30. The van der Waals surface area contributed by atoms with E-state index in [1.807, 2.05) is 30.3 Å². The molecule has 0 radical (unpaired) electrons. The van der Waals surface area contributed by atoms with Gasteiger partial charge in [0, 0.05) is 19.8 Å². The van der Waals surface area contributed by atoms with Gasteiger partial charge in [-0.05, 0) is 26.3 Å². The van der Waals surface area contributed by atoms with Crippen LogP contribution in [-0.4, -0.2) is 94.8 Å². The Balaban J connectivity index is 1.56. The van der Waals surface area contributed by atoms with Crippen molar-refractivity contribution in [3.8, 4) is 0 Å². The van der Waals surface area contributed by atoms with Crippen LogP contribution in [0.3, 0.4) is 0 Å². The summed E-state index contributed by atoms with van der Waals surface area (Å²) in [6.07, 6.45) is -3.31. The van der Waals surface area contributed by atoms with Crippen LogP contribution in [0.1, 0.15) is 26.3 Å². The van der Waals surface area contributed by atoms with E-state index in [0.29, 0.717) is 16.4 Å². The molecular weight excluding hydrogens is 554 g/mol. The monoisotopic (exact) mass is 583 g/mol. The van der Waals surface area contributed by atoms with E-state index in [0.717, 1.165) is 10.5 Å². The maximum atomic E-state index is 13.7. The first-order chi connectivity index (χ1) is 20.3. The third-order valence-electron chi connectivity index (χ3n) is 6.43. The van der Waals surface area contributed by atoms with Gasteiger partial charge in [-0.1, -0.05) is 30.3 Å². The van der Waals surface area contributed by atoms with Gasteiger partial charge in [-0.3, -0.25) is 19.4 Å². The highest BCUT2D eigenvalue weighted by Crippen LogP contribution is 2.29. The van der Waals surface area contributed by atoms with Gasteiger partial charge in [-0.25, -0.2) is 14.4 Å². The minimum Gasteiger partial charge on any atom is -0.357 e. The molecule has 8 amide bonds. The Kier molecular flexibility index (Phi) is 8.23. The number of ether oxygens (including phenoxy) is 3. The van der Waals surface area contributed by atoms with E-state index in [4.69, 9.17) is 14.2 Å². The third kappa shape index (κ3) is 5.31. The number of urea groups is 3. The van der Waals surface area contributed by atoms with Crippen LogP contribution in [-0.2, 0) is 30.3 Å². The second kappa shape index (κ2) is 12.0. The molecule has 42 heavy (non-hydrogen) atoms. The zero-order valence-corrected chi connectivity index (χ0v) is 23.1. The van der Waals surface area contributed by atoms with E-state index in [9.17, 15) is 24.0 Å². The van der Waals surface area contributed by atoms with Crippen molar-refractivity contribution < 1.29 is 38.2 Å². The molecule has 3 atom stereocenters. The normalized spacial score (nSPS) is 22.5. The van der Waals surface area contributed by atoms with E-state index in [2.05, 4.69) is 25.6 Å². The number of imide groups is 2. The van der Waals surface area contributed by atoms with Gasteiger partial charge in [-0.15, -0.1) is 0 Å². The van der Waals surface area contributed by atoms with E-state index < -0.39 is 60.5 Å². The lowest BCUT2D eigenvalue weighted by Gasteiger charge is -2.22. The summed E-state index contributed by atoms with van der Waals surface area (Å²) in [5.41, 5.74) is 0.844. The van der Waals surface area contributed by atoms with Crippen LogP contribution in [0, 0.1) is 0 Å². The number of aromatic nitrogens is 3. The van der Waals surface area contributed by atoms with E-state index in [-0.39, 0.29) is 32.3 Å². The number of hydrogen-bond acceptors (Lipinski definition) is 11. The molecule has 0 spiro atoms. The Bertz CT molecular complexity index is 1330. The van der Waals surface area contributed by atoms with Crippen LogP contribution in [0.5, 0.6) is 0 Å². The predicted octanol–water partition coefficient (Wildman–Crippen LogP) is 0.514. The van der Waals surface area contributed by atoms with Crippen LogP contribution in [0.25, 0.3) is 0 Å². The number of carbonyl (C=O) groups is 5. The van der Waals surface area contributed by atoms with Gasteiger partial charge in [0.05, 0.1) is 13.1 Å². The summed E-state index contributed by atoms with van der Waals surface area (Å²) in [6, 6.07) is 6.90. The SMILES string of the molecule is CCOC1NC(=O)N(c2nc(N3CC(OCC)N(Cc4ccccc4)C3=O)nc(N3C(=O)NC(OCC)C3=O)n2)C1=O. The number of anilines is 3.